The molecule has 3 aliphatic rings. The van der Waals surface area contributed by atoms with Crippen molar-refractivity contribution < 1.29 is 19.0 Å². The Hall–Kier alpha value is -4.04. The molecule has 0 bridgehead atoms. The standard InChI is InChI=1S/C34H40N6O4/c1-38-16-6-10-26(38)22-44-34-36-30-20-31(28-12-5-9-24-8-3-4-11-27(24)28)43-23-29(30)33(37-34)39-17-18-40(25(21-39)14-15-35)32(41)13-7-19-42-2/h3-5,7-9,11-13,25-26,31H,6,10,14,16-23H2,1-2H3/b13-7+/t25-,26-,31?/m0/s1. The predicted octanol–water partition coefficient (Wildman–Crippen LogP) is 4.05. The number of likely N-dealkylation sites (N-methyl/N-ethyl adjacent to an activating group) is 1. The number of carbonyl (C=O) groups excluding carboxylic acids is 1. The number of likely N-dealkylation sites (tertiary alicyclic amines) is 1. The van der Waals surface area contributed by atoms with Crippen LogP contribution < -0.4 is 9.64 Å². The summed E-state index contributed by atoms with van der Waals surface area (Å²) in [6.07, 6.45) is 6.17. The van der Waals surface area contributed by atoms with Crippen LogP contribution in [0, 0.1) is 11.3 Å². The first kappa shape index (κ1) is 30.0. The molecule has 0 N–H and O–H groups in total. The Morgan fingerprint density at radius 2 is 2.00 bits per heavy atom. The summed E-state index contributed by atoms with van der Waals surface area (Å²) >= 11 is 0. The normalized spacial score (nSPS) is 22.3. The number of rotatable bonds is 9. The third-order valence-corrected chi connectivity index (χ3v) is 9.02. The van der Waals surface area contributed by atoms with E-state index in [9.17, 15) is 10.1 Å². The Bertz CT molecular complexity index is 1550. The van der Waals surface area contributed by atoms with E-state index in [-0.39, 0.29) is 24.5 Å². The summed E-state index contributed by atoms with van der Waals surface area (Å²) in [6, 6.07) is 17.4. The van der Waals surface area contributed by atoms with Gasteiger partial charge in [-0.05, 0) is 42.8 Å². The number of piperazine rings is 1. The van der Waals surface area contributed by atoms with Crippen molar-refractivity contribution >= 4 is 22.5 Å². The van der Waals surface area contributed by atoms with Gasteiger partial charge in [-0.25, -0.2) is 0 Å². The fourth-order valence-electron chi connectivity index (χ4n) is 6.61. The van der Waals surface area contributed by atoms with Crippen LogP contribution in [0.1, 0.15) is 42.2 Å². The van der Waals surface area contributed by atoms with Crippen molar-refractivity contribution in [2.75, 3.05) is 58.5 Å². The van der Waals surface area contributed by atoms with Crippen molar-refractivity contribution in [2.24, 2.45) is 0 Å². The number of hydrogen-bond acceptors (Lipinski definition) is 9. The van der Waals surface area contributed by atoms with Gasteiger partial charge in [0.25, 0.3) is 0 Å². The first-order valence-electron chi connectivity index (χ1n) is 15.5. The van der Waals surface area contributed by atoms with E-state index in [1.165, 1.54) is 16.8 Å². The third-order valence-electron chi connectivity index (χ3n) is 9.02. The zero-order valence-corrected chi connectivity index (χ0v) is 25.5. The van der Waals surface area contributed by atoms with Gasteiger partial charge in [0.15, 0.2) is 0 Å². The molecule has 44 heavy (non-hydrogen) atoms. The molecule has 2 fully saturated rings. The van der Waals surface area contributed by atoms with Crippen LogP contribution in [0.25, 0.3) is 10.8 Å². The first-order valence-corrected chi connectivity index (χ1v) is 15.5. The summed E-state index contributed by atoms with van der Waals surface area (Å²) < 4.78 is 17.9. The highest BCUT2D eigenvalue weighted by Crippen LogP contribution is 2.38. The predicted molar refractivity (Wildman–Crippen MR) is 167 cm³/mol. The number of anilines is 1. The maximum absolute atomic E-state index is 13.0. The number of nitrogens with zero attached hydrogens (tertiary/aromatic N) is 6. The van der Waals surface area contributed by atoms with E-state index in [2.05, 4.69) is 65.4 Å². The van der Waals surface area contributed by atoms with Gasteiger partial charge in [-0.1, -0.05) is 48.5 Å². The van der Waals surface area contributed by atoms with Crippen molar-refractivity contribution in [1.82, 2.24) is 19.8 Å². The molecule has 2 aromatic carbocycles. The molecule has 230 valence electrons. The number of hydrogen-bond donors (Lipinski definition) is 0. The third kappa shape index (κ3) is 6.41. The number of methoxy groups -OCH3 is 1. The minimum absolute atomic E-state index is 0.113. The van der Waals surface area contributed by atoms with Crippen LogP contribution in [0.15, 0.2) is 54.6 Å². The van der Waals surface area contributed by atoms with Crippen molar-refractivity contribution in [2.45, 2.75) is 50.5 Å². The van der Waals surface area contributed by atoms with Gasteiger partial charge < -0.3 is 28.9 Å². The molecule has 0 saturated carbocycles. The van der Waals surface area contributed by atoms with Crippen molar-refractivity contribution in [1.29, 1.82) is 5.26 Å². The maximum Gasteiger partial charge on any atom is 0.318 e. The second-order valence-corrected chi connectivity index (χ2v) is 11.8. The van der Waals surface area contributed by atoms with Crippen LogP contribution in [-0.2, 0) is 27.3 Å². The molecule has 1 amide bonds. The van der Waals surface area contributed by atoms with E-state index < -0.39 is 0 Å². The van der Waals surface area contributed by atoms with Gasteiger partial charge in [-0.2, -0.15) is 15.2 Å². The van der Waals surface area contributed by atoms with E-state index >= 15 is 0 Å². The molecule has 0 radical (unpaired) electrons. The lowest BCUT2D eigenvalue weighted by Crippen LogP contribution is -2.55. The number of ether oxygens (including phenoxy) is 3. The number of amides is 1. The topological polar surface area (TPSA) is 104 Å². The highest BCUT2D eigenvalue weighted by Gasteiger charge is 2.34. The quantitative estimate of drug-likeness (QED) is 0.339. The van der Waals surface area contributed by atoms with Gasteiger partial charge in [0.2, 0.25) is 5.91 Å². The van der Waals surface area contributed by atoms with E-state index in [1.807, 2.05) is 0 Å². The molecule has 3 atom stereocenters. The van der Waals surface area contributed by atoms with Gasteiger partial charge in [0, 0.05) is 50.8 Å². The van der Waals surface area contributed by atoms with E-state index in [1.54, 1.807) is 18.1 Å². The zero-order chi connectivity index (χ0) is 30.5. The number of carbonyl (C=O) groups is 1. The van der Waals surface area contributed by atoms with Gasteiger partial charge in [-0.3, -0.25) is 4.79 Å². The van der Waals surface area contributed by atoms with E-state index in [0.29, 0.717) is 57.9 Å². The maximum atomic E-state index is 13.0. The average molecular weight is 597 g/mol. The zero-order valence-electron chi connectivity index (χ0n) is 25.5. The SMILES string of the molecule is COC/C=C/C(=O)N1CCN(c2nc(OC[C@@H]3CCCN3C)nc3c2COC(c2cccc4ccccc24)C3)C[C@@H]1CC#N. The summed E-state index contributed by atoms with van der Waals surface area (Å²) in [5.74, 6) is 0.656. The van der Waals surface area contributed by atoms with E-state index in [4.69, 9.17) is 24.2 Å². The lowest BCUT2D eigenvalue weighted by Gasteiger charge is -2.42. The largest absolute Gasteiger partial charge is 0.462 e. The highest BCUT2D eigenvalue weighted by atomic mass is 16.5. The van der Waals surface area contributed by atoms with Crippen LogP contribution in [0.5, 0.6) is 6.01 Å². The number of benzene rings is 2. The Morgan fingerprint density at radius 3 is 2.82 bits per heavy atom. The van der Waals surface area contributed by atoms with Crippen molar-refractivity contribution in [3.63, 3.8) is 0 Å². The molecule has 0 aliphatic carbocycles. The Labute approximate surface area is 258 Å². The van der Waals surface area contributed by atoms with Gasteiger partial charge >= 0.3 is 6.01 Å². The van der Waals surface area contributed by atoms with Gasteiger partial charge in [-0.15, -0.1) is 0 Å². The van der Waals surface area contributed by atoms with Crippen LogP contribution >= 0.6 is 0 Å². The summed E-state index contributed by atoms with van der Waals surface area (Å²) in [5.41, 5.74) is 3.01. The molecule has 4 heterocycles. The smallest absolute Gasteiger partial charge is 0.318 e. The second kappa shape index (κ2) is 13.7. The summed E-state index contributed by atoms with van der Waals surface area (Å²) in [7, 11) is 3.72. The second-order valence-electron chi connectivity index (χ2n) is 11.8. The molecule has 3 aromatic rings. The van der Waals surface area contributed by atoms with Crippen LogP contribution in [0.4, 0.5) is 5.82 Å². The molecule has 10 heteroatoms. The number of aromatic nitrogens is 2. The average Bonchev–Trinajstić information content (AvgIpc) is 3.47. The molecule has 2 saturated heterocycles. The van der Waals surface area contributed by atoms with Crippen LogP contribution in [-0.4, -0.2) is 91.3 Å². The molecule has 0 spiro atoms. The van der Waals surface area contributed by atoms with Crippen LogP contribution in [0.3, 0.4) is 0 Å². The summed E-state index contributed by atoms with van der Waals surface area (Å²) in [5, 5.41) is 12.0. The minimum Gasteiger partial charge on any atom is -0.462 e. The molecule has 1 unspecified atom stereocenters. The molecular formula is C34H40N6O4. The Morgan fingerprint density at radius 1 is 1.14 bits per heavy atom. The van der Waals surface area contributed by atoms with Crippen molar-refractivity contribution in [3.05, 3.63) is 71.4 Å². The summed E-state index contributed by atoms with van der Waals surface area (Å²) in [6.45, 7) is 3.87. The highest BCUT2D eigenvalue weighted by molar-refractivity contribution is 5.88. The number of fused-ring (bicyclic) bond motifs is 2. The molecule has 6 rings (SSSR count). The van der Waals surface area contributed by atoms with Crippen LogP contribution in [0.2, 0.25) is 0 Å². The number of nitriles is 1. The minimum atomic E-state index is -0.275. The fourth-order valence-corrected chi connectivity index (χ4v) is 6.61. The molecule has 3 aliphatic heterocycles. The van der Waals surface area contributed by atoms with E-state index in [0.717, 1.165) is 42.0 Å². The Balaban J connectivity index is 1.30. The van der Waals surface area contributed by atoms with Gasteiger partial charge in [0.1, 0.15) is 12.4 Å². The lowest BCUT2D eigenvalue weighted by atomic mass is 9.94. The summed E-state index contributed by atoms with van der Waals surface area (Å²) in [4.78, 5) is 29.1. The molecular weight excluding hydrogens is 556 g/mol. The molecule has 1 aromatic heterocycles. The van der Waals surface area contributed by atoms with Crippen molar-refractivity contribution in [3.8, 4) is 12.1 Å². The fraction of sp³-hybridized carbons (Fsp3) is 0.471. The lowest BCUT2D eigenvalue weighted by molar-refractivity contribution is -0.128. The van der Waals surface area contributed by atoms with Gasteiger partial charge in [0.05, 0.1) is 43.5 Å². The Kier molecular flexibility index (Phi) is 9.36. The molecule has 10 nitrogen and oxygen atoms in total. The first-order chi connectivity index (χ1) is 21.6. The monoisotopic (exact) mass is 596 g/mol.